The number of guanidine groups is 1. The molecule has 0 saturated heterocycles. The molecule has 1 aromatic rings. The molecule has 6 nitrogen and oxygen atoms in total. The van der Waals surface area contributed by atoms with Crippen LogP contribution in [0, 0.1) is 12.3 Å². The maximum Gasteiger partial charge on any atom is 0.230 e. The maximum absolute atomic E-state index is 12.7. The van der Waals surface area contributed by atoms with Crippen molar-refractivity contribution in [3.8, 4) is 0 Å². The average molecular weight is 487 g/mol. The first-order valence-electron chi connectivity index (χ1n) is 9.62. The van der Waals surface area contributed by atoms with Gasteiger partial charge < -0.3 is 15.5 Å². The lowest BCUT2D eigenvalue weighted by atomic mass is 9.85. The molecule has 0 aromatic carbocycles. The number of aromatic nitrogens is 1. The third-order valence-electron chi connectivity index (χ3n) is 5.13. The van der Waals surface area contributed by atoms with E-state index in [0.29, 0.717) is 6.54 Å². The van der Waals surface area contributed by atoms with Crippen LogP contribution in [0.5, 0.6) is 0 Å². The molecule has 1 saturated carbocycles. The summed E-state index contributed by atoms with van der Waals surface area (Å²) >= 11 is 0. The standard InChI is InChI=1S/C20H33N5O.HI/c1-5-22-19(23-13-9-17-8-12-21-14-16(17)2)24-15-20(10-6-7-11-20)18(26)25(3)4;/h8,12,14H,5-7,9-11,13,15H2,1-4H3,(H2,22,23,24);1H. The molecule has 1 fully saturated rings. The Kier molecular flexibility index (Phi) is 10.0. The third kappa shape index (κ3) is 6.62. The fourth-order valence-corrected chi connectivity index (χ4v) is 3.64. The van der Waals surface area contributed by atoms with Gasteiger partial charge in [-0.3, -0.25) is 14.8 Å². The molecule has 0 unspecified atom stereocenters. The molecule has 1 aromatic heterocycles. The van der Waals surface area contributed by atoms with Crippen molar-refractivity contribution >= 4 is 35.8 Å². The number of amides is 1. The molecule has 0 atom stereocenters. The fourth-order valence-electron chi connectivity index (χ4n) is 3.64. The fraction of sp³-hybridized carbons (Fsp3) is 0.650. The van der Waals surface area contributed by atoms with Gasteiger partial charge in [0.1, 0.15) is 0 Å². The van der Waals surface area contributed by atoms with Crippen molar-refractivity contribution in [2.24, 2.45) is 10.4 Å². The van der Waals surface area contributed by atoms with E-state index in [1.54, 1.807) is 4.90 Å². The lowest BCUT2D eigenvalue weighted by Crippen LogP contribution is -2.43. The lowest BCUT2D eigenvalue weighted by Gasteiger charge is -2.29. The van der Waals surface area contributed by atoms with E-state index in [1.165, 1.54) is 11.1 Å². The highest BCUT2D eigenvalue weighted by Crippen LogP contribution is 2.39. The molecule has 1 aliphatic carbocycles. The first-order valence-corrected chi connectivity index (χ1v) is 9.62. The summed E-state index contributed by atoms with van der Waals surface area (Å²) < 4.78 is 0. The molecule has 27 heavy (non-hydrogen) atoms. The van der Waals surface area contributed by atoms with Gasteiger partial charge in [-0.25, -0.2) is 0 Å². The van der Waals surface area contributed by atoms with E-state index >= 15 is 0 Å². The lowest BCUT2D eigenvalue weighted by molar-refractivity contribution is -0.138. The normalized spacial score (nSPS) is 15.8. The summed E-state index contributed by atoms with van der Waals surface area (Å²) in [6.07, 6.45) is 8.73. The van der Waals surface area contributed by atoms with Crippen LogP contribution in [-0.4, -0.2) is 55.5 Å². The quantitative estimate of drug-likeness (QED) is 0.353. The number of hydrogen-bond acceptors (Lipinski definition) is 3. The van der Waals surface area contributed by atoms with Crippen LogP contribution in [0.2, 0.25) is 0 Å². The van der Waals surface area contributed by atoms with Gasteiger partial charge in [-0.2, -0.15) is 0 Å². The Labute approximate surface area is 180 Å². The van der Waals surface area contributed by atoms with Gasteiger partial charge in [0, 0.05) is 39.6 Å². The number of carbonyl (C=O) groups excluding carboxylic acids is 1. The number of aliphatic imine (C=N–C) groups is 1. The van der Waals surface area contributed by atoms with E-state index < -0.39 is 0 Å². The van der Waals surface area contributed by atoms with Crippen molar-refractivity contribution in [2.75, 3.05) is 33.7 Å². The number of nitrogens with zero attached hydrogens (tertiary/aromatic N) is 3. The minimum Gasteiger partial charge on any atom is -0.357 e. The van der Waals surface area contributed by atoms with Crippen LogP contribution < -0.4 is 10.6 Å². The van der Waals surface area contributed by atoms with Gasteiger partial charge in [0.15, 0.2) is 5.96 Å². The van der Waals surface area contributed by atoms with Crippen molar-refractivity contribution in [1.29, 1.82) is 0 Å². The predicted octanol–water partition coefficient (Wildman–Crippen LogP) is 2.75. The monoisotopic (exact) mass is 487 g/mol. The van der Waals surface area contributed by atoms with Crippen molar-refractivity contribution < 1.29 is 4.79 Å². The highest BCUT2D eigenvalue weighted by atomic mass is 127. The van der Waals surface area contributed by atoms with Crippen molar-refractivity contribution in [1.82, 2.24) is 20.5 Å². The smallest absolute Gasteiger partial charge is 0.230 e. The second-order valence-corrected chi connectivity index (χ2v) is 7.36. The zero-order valence-electron chi connectivity index (χ0n) is 17.0. The Morgan fingerprint density at radius 3 is 2.59 bits per heavy atom. The summed E-state index contributed by atoms with van der Waals surface area (Å²) in [6, 6.07) is 2.06. The highest BCUT2D eigenvalue weighted by molar-refractivity contribution is 14.0. The summed E-state index contributed by atoms with van der Waals surface area (Å²) in [7, 11) is 3.68. The van der Waals surface area contributed by atoms with E-state index in [-0.39, 0.29) is 35.3 Å². The minimum atomic E-state index is -0.326. The molecule has 0 spiro atoms. The Balaban J connectivity index is 0.00000364. The Morgan fingerprint density at radius 1 is 1.30 bits per heavy atom. The first kappa shape index (κ1) is 23.7. The first-order chi connectivity index (χ1) is 12.5. The molecule has 2 rings (SSSR count). The summed E-state index contributed by atoms with van der Waals surface area (Å²) in [5, 5.41) is 6.69. The molecule has 2 N–H and O–H groups in total. The molecule has 0 bridgehead atoms. The van der Waals surface area contributed by atoms with E-state index in [1.807, 2.05) is 26.5 Å². The van der Waals surface area contributed by atoms with Gasteiger partial charge in [0.2, 0.25) is 5.91 Å². The van der Waals surface area contributed by atoms with Crippen molar-refractivity contribution in [3.63, 3.8) is 0 Å². The zero-order chi connectivity index (χ0) is 19.0. The Hall–Kier alpha value is -1.38. The van der Waals surface area contributed by atoms with Crippen LogP contribution in [0.15, 0.2) is 23.5 Å². The number of halogens is 1. The molecule has 0 aliphatic heterocycles. The molecule has 0 radical (unpaired) electrons. The number of aryl methyl sites for hydroxylation is 1. The minimum absolute atomic E-state index is 0. The van der Waals surface area contributed by atoms with Gasteiger partial charge in [-0.05, 0) is 50.3 Å². The molecule has 1 heterocycles. The molecule has 1 aliphatic rings. The summed E-state index contributed by atoms with van der Waals surface area (Å²) in [6.45, 7) is 6.28. The van der Waals surface area contributed by atoms with Crippen LogP contribution in [0.4, 0.5) is 0 Å². The molecular formula is C20H34IN5O. The van der Waals surface area contributed by atoms with Gasteiger partial charge >= 0.3 is 0 Å². The van der Waals surface area contributed by atoms with Crippen molar-refractivity contribution in [3.05, 3.63) is 29.6 Å². The Morgan fingerprint density at radius 2 is 2.00 bits per heavy atom. The van der Waals surface area contributed by atoms with Crippen LogP contribution >= 0.6 is 24.0 Å². The maximum atomic E-state index is 12.7. The topological polar surface area (TPSA) is 69.6 Å². The van der Waals surface area contributed by atoms with E-state index in [2.05, 4.69) is 35.5 Å². The Bertz CT molecular complexity index is 627. The van der Waals surface area contributed by atoms with Crippen LogP contribution in [0.25, 0.3) is 0 Å². The number of nitrogens with one attached hydrogen (secondary N) is 2. The molecule has 7 heteroatoms. The van der Waals surface area contributed by atoms with E-state index in [4.69, 9.17) is 4.99 Å². The van der Waals surface area contributed by atoms with Crippen LogP contribution in [-0.2, 0) is 11.2 Å². The second-order valence-electron chi connectivity index (χ2n) is 7.36. The number of pyridine rings is 1. The molecule has 1 amide bonds. The van der Waals surface area contributed by atoms with Gasteiger partial charge in [-0.1, -0.05) is 12.8 Å². The average Bonchev–Trinajstić information content (AvgIpc) is 3.10. The summed E-state index contributed by atoms with van der Waals surface area (Å²) in [4.78, 5) is 23.3. The van der Waals surface area contributed by atoms with Crippen LogP contribution in [0.1, 0.15) is 43.7 Å². The molecular weight excluding hydrogens is 453 g/mol. The number of hydrogen-bond donors (Lipinski definition) is 2. The van der Waals surface area contributed by atoms with Gasteiger partial charge in [0.05, 0.1) is 12.0 Å². The van der Waals surface area contributed by atoms with Gasteiger partial charge in [0.25, 0.3) is 0 Å². The summed E-state index contributed by atoms with van der Waals surface area (Å²) in [5.74, 6) is 0.999. The third-order valence-corrected chi connectivity index (χ3v) is 5.13. The SMILES string of the molecule is CCNC(=NCC1(C(=O)N(C)C)CCCC1)NCCc1ccncc1C.I. The molecule has 152 valence electrons. The number of carbonyl (C=O) groups is 1. The van der Waals surface area contributed by atoms with Crippen molar-refractivity contribution in [2.45, 2.75) is 46.0 Å². The van der Waals surface area contributed by atoms with E-state index in [0.717, 1.165) is 51.2 Å². The highest BCUT2D eigenvalue weighted by Gasteiger charge is 2.41. The van der Waals surface area contributed by atoms with E-state index in [9.17, 15) is 4.79 Å². The van der Waals surface area contributed by atoms with Crippen LogP contribution in [0.3, 0.4) is 0 Å². The second kappa shape index (κ2) is 11.5. The number of rotatable bonds is 7. The predicted molar refractivity (Wildman–Crippen MR) is 122 cm³/mol. The zero-order valence-corrected chi connectivity index (χ0v) is 19.4. The summed E-state index contributed by atoms with van der Waals surface area (Å²) in [5.41, 5.74) is 2.17. The van der Waals surface area contributed by atoms with Gasteiger partial charge in [-0.15, -0.1) is 24.0 Å². The largest absolute Gasteiger partial charge is 0.357 e.